The zero-order valence-corrected chi connectivity index (χ0v) is 14.8. The SMILES string of the molecule is CCCOCCOC(=O)CCCCC(CCSC)SC. The van der Waals surface area contributed by atoms with Crippen LogP contribution in [0.25, 0.3) is 0 Å². The number of hydrogen-bond donors (Lipinski definition) is 0. The number of hydrogen-bond acceptors (Lipinski definition) is 5. The summed E-state index contributed by atoms with van der Waals surface area (Å²) in [6.45, 7) is 3.71. The molecule has 0 radical (unpaired) electrons. The molecule has 0 fully saturated rings. The fraction of sp³-hybridized carbons (Fsp3) is 0.933. The van der Waals surface area contributed by atoms with E-state index in [-0.39, 0.29) is 5.97 Å². The van der Waals surface area contributed by atoms with Gasteiger partial charge in [-0.3, -0.25) is 4.79 Å². The van der Waals surface area contributed by atoms with Crippen LogP contribution < -0.4 is 0 Å². The molecule has 0 N–H and O–H groups in total. The minimum Gasteiger partial charge on any atom is -0.463 e. The summed E-state index contributed by atoms with van der Waals surface area (Å²) in [5.41, 5.74) is 0. The quantitative estimate of drug-likeness (QED) is 0.357. The van der Waals surface area contributed by atoms with Crippen LogP contribution in [0.3, 0.4) is 0 Å². The Kier molecular flexibility index (Phi) is 15.6. The first-order valence-electron chi connectivity index (χ1n) is 7.49. The van der Waals surface area contributed by atoms with Gasteiger partial charge in [0.2, 0.25) is 0 Å². The minimum absolute atomic E-state index is 0.0880. The van der Waals surface area contributed by atoms with Gasteiger partial charge in [0.05, 0.1) is 6.61 Å². The summed E-state index contributed by atoms with van der Waals surface area (Å²) in [7, 11) is 0. The first-order chi connectivity index (χ1) is 9.74. The zero-order chi connectivity index (χ0) is 15.1. The second kappa shape index (κ2) is 15.5. The number of carbonyl (C=O) groups excluding carboxylic acids is 1. The lowest BCUT2D eigenvalue weighted by Gasteiger charge is -2.13. The van der Waals surface area contributed by atoms with Crippen molar-refractivity contribution in [3.63, 3.8) is 0 Å². The lowest BCUT2D eigenvalue weighted by atomic mass is 10.1. The number of unbranched alkanes of at least 4 members (excludes halogenated alkanes) is 1. The summed E-state index contributed by atoms with van der Waals surface area (Å²) >= 11 is 3.85. The highest BCUT2D eigenvalue weighted by atomic mass is 32.2. The molecule has 1 unspecified atom stereocenters. The normalized spacial score (nSPS) is 12.3. The molecule has 3 nitrogen and oxygen atoms in total. The van der Waals surface area contributed by atoms with E-state index in [2.05, 4.69) is 19.4 Å². The molecule has 1 atom stereocenters. The Morgan fingerprint density at radius 3 is 2.55 bits per heavy atom. The molecule has 0 aliphatic carbocycles. The molecule has 20 heavy (non-hydrogen) atoms. The van der Waals surface area contributed by atoms with Gasteiger partial charge >= 0.3 is 5.97 Å². The molecule has 0 aromatic rings. The van der Waals surface area contributed by atoms with Crippen LogP contribution in [0.5, 0.6) is 0 Å². The number of rotatable bonds is 14. The summed E-state index contributed by atoms with van der Waals surface area (Å²) < 4.78 is 10.4. The van der Waals surface area contributed by atoms with Crippen molar-refractivity contribution in [2.45, 2.75) is 50.7 Å². The van der Waals surface area contributed by atoms with Crippen LogP contribution >= 0.6 is 23.5 Å². The van der Waals surface area contributed by atoms with Crippen LogP contribution in [-0.4, -0.2) is 49.3 Å². The average Bonchev–Trinajstić information content (AvgIpc) is 2.46. The van der Waals surface area contributed by atoms with Crippen LogP contribution in [0.15, 0.2) is 0 Å². The Labute approximate surface area is 132 Å². The van der Waals surface area contributed by atoms with Gasteiger partial charge in [0.1, 0.15) is 6.61 Å². The maximum Gasteiger partial charge on any atom is 0.305 e. The molecule has 0 aromatic carbocycles. The molecule has 0 rings (SSSR count). The van der Waals surface area contributed by atoms with E-state index in [1.165, 1.54) is 18.6 Å². The largest absolute Gasteiger partial charge is 0.463 e. The third-order valence-corrected chi connectivity index (χ3v) is 4.76. The van der Waals surface area contributed by atoms with Crippen LogP contribution in [0.2, 0.25) is 0 Å². The molecule has 0 aliphatic heterocycles. The van der Waals surface area contributed by atoms with E-state index in [1.807, 2.05) is 23.5 Å². The average molecular weight is 323 g/mol. The lowest BCUT2D eigenvalue weighted by Crippen LogP contribution is -2.11. The number of thioether (sulfide) groups is 2. The van der Waals surface area contributed by atoms with Gasteiger partial charge in [-0.15, -0.1) is 0 Å². The molecule has 0 heterocycles. The first kappa shape index (κ1) is 20.1. The molecular weight excluding hydrogens is 292 g/mol. The summed E-state index contributed by atoms with van der Waals surface area (Å²) in [6.07, 6.45) is 10.4. The summed E-state index contributed by atoms with van der Waals surface area (Å²) in [5, 5.41) is 0.737. The predicted molar refractivity (Wildman–Crippen MR) is 90.8 cm³/mol. The highest BCUT2D eigenvalue weighted by Gasteiger charge is 2.08. The Morgan fingerprint density at radius 1 is 1.10 bits per heavy atom. The van der Waals surface area contributed by atoms with Gasteiger partial charge in [-0.1, -0.05) is 13.3 Å². The maximum atomic E-state index is 11.5. The maximum absolute atomic E-state index is 11.5. The van der Waals surface area contributed by atoms with Crippen molar-refractivity contribution in [2.24, 2.45) is 0 Å². The van der Waals surface area contributed by atoms with Crippen molar-refractivity contribution in [1.29, 1.82) is 0 Å². The van der Waals surface area contributed by atoms with E-state index in [1.54, 1.807) is 0 Å². The van der Waals surface area contributed by atoms with E-state index in [9.17, 15) is 4.79 Å². The van der Waals surface area contributed by atoms with E-state index in [4.69, 9.17) is 9.47 Å². The van der Waals surface area contributed by atoms with Crippen molar-refractivity contribution in [2.75, 3.05) is 38.1 Å². The molecule has 0 aliphatic rings. The Balaban J connectivity index is 3.41. The Bertz CT molecular complexity index is 225. The second-order valence-electron chi connectivity index (χ2n) is 4.72. The summed E-state index contributed by atoms with van der Waals surface area (Å²) in [5.74, 6) is 1.14. The van der Waals surface area contributed by atoms with Gasteiger partial charge in [-0.25, -0.2) is 0 Å². The van der Waals surface area contributed by atoms with Crippen molar-refractivity contribution >= 4 is 29.5 Å². The molecule has 0 amide bonds. The molecule has 120 valence electrons. The van der Waals surface area contributed by atoms with Gasteiger partial charge in [0, 0.05) is 18.3 Å². The zero-order valence-electron chi connectivity index (χ0n) is 13.2. The minimum atomic E-state index is -0.0880. The fourth-order valence-corrected chi connectivity index (χ4v) is 3.23. The third-order valence-electron chi connectivity index (χ3n) is 2.97. The van der Waals surface area contributed by atoms with Gasteiger partial charge in [0.15, 0.2) is 0 Å². The molecule has 5 heteroatoms. The lowest BCUT2D eigenvalue weighted by molar-refractivity contribution is -0.145. The molecule has 0 saturated carbocycles. The highest BCUT2D eigenvalue weighted by Crippen LogP contribution is 2.20. The smallest absolute Gasteiger partial charge is 0.305 e. The number of esters is 1. The molecule has 0 saturated heterocycles. The van der Waals surface area contributed by atoms with E-state index >= 15 is 0 Å². The van der Waals surface area contributed by atoms with Crippen molar-refractivity contribution in [3.05, 3.63) is 0 Å². The van der Waals surface area contributed by atoms with E-state index < -0.39 is 0 Å². The van der Waals surface area contributed by atoms with Crippen LogP contribution in [0.4, 0.5) is 0 Å². The standard InChI is InChI=1S/C15H30O3S2/c1-4-10-17-11-12-18-15(16)8-6-5-7-14(20-3)9-13-19-2/h14H,4-13H2,1-3H3. The predicted octanol–water partition coefficient (Wildman–Crippen LogP) is 4.00. The van der Waals surface area contributed by atoms with Crippen LogP contribution in [-0.2, 0) is 14.3 Å². The second-order valence-corrected chi connectivity index (χ2v) is 6.84. The van der Waals surface area contributed by atoms with Crippen molar-refractivity contribution in [1.82, 2.24) is 0 Å². The van der Waals surface area contributed by atoms with Gasteiger partial charge in [-0.05, 0) is 43.9 Å². The van der Waals surface area contributed by atoms with E-state index in [0.717, 1.165) is 31.1 Å². The fourth-order valence-electron chi connectivity index (χ4n) is 1.80. The van der Waals surface area contributed by atoms with Crippen molar-refractivity contribution in [3.8, 4) is 0 Å². The first-order valence-corrected chi connectivity index (χ1v) is 10.2. The summed E-state index contributed by atoms with van der Waals surface area (Å²) in [4.78, 5) is 11.5. The Morgan fingerprint density at radius 2 is 1.90 bits per heavy atom. The van der Waals surface area contributed by atoms with Gasteiger partial charge < -0.3 is 9.47 Å². The van der Waals surface area contributed by atoms with Gasteiger partial charge in [-0.2, -0.15) is 23.5 Å². The van der Waals surface area contributed by atoms with Crippen LogP contribution in [0, 0.1) is 0 Å². The molecular formula is C15H30O3S2. The summed E-state index contributed by atoms with van der Waals surface area (Å²) in [6, 6.07) is 0. The molecule has 0 spiro atoms. The highest BCUT2D eigenvalue weighted by molar-refractivity contribution is 7.99. The number of carbonyl (C=O) groups is 1. The topological polar surface area (TPSA) is 35.5 Å². The third kappa shape index (κ3) is 13.1. The van der Waals surface area contributed by atoms with Gasteiger partial charge in [0.25, 0.3) is 0 Å². The van der Waals surface area contributed by atoms with Crippen LogP contribution in [0.1, 0.15) is 45.4 Å². The van der Waals surface area contributed by atoms with E-state index in [0.29, 0.717) is 19.6 Å². The molecule has 0 bridgehead atoms. The Hall–Kier alpha value is 0.130. The monoisotopic (exact) mass is 322 g/mol. The van der Waals surface area contributed by atoms with Crippen molar-refractivity contribution < 1.29 is 14.3 Å². The number of ether oxygens (including phenoxy) is 2. The molecule has 0 aromatic heterocycles.